The van der Waals surface area contributed by atoms with Crippen molar-refractivity contribution < 1.29 is 0 Å². The molecule has 0 aromatic heterocycles. The summed E-state index contributed by atoms with van der Waals surface area (Å²) in [6.07, 6.45) is 13.2. The van der Waals surface area contributed by atoms with E-state index < -0.39 is 0 Å². The molecule has 0 aliphatic heterocycles. The minimum Gasteiger partial charge on any atom is -0.222 e. The van der Waals surface area contributed by atoms with Crippen molar-refractivity contribution in [1.82, 2.24) is 0 Å². The van der Waals surface area contributed by atoms with Crippen LogP contribution >= 0.6 is 0 Å². The summed E-state index contributed by atoms with van der Waals surface area (Å²) in [7, 11) is 0. The number of para-hydroxylation sites is 2. The summed E-state index contributed by atoms with van der Waals surface area (Å²) in [5.74, 6) is 0. The highest BCUT2D eigenvalue weighted by atomic mass is 14.9. The predicted octanol–water partition coefficient (Wildman–Crippen LogP) is 8.27. The Labute approximate surface area is 193 Å². The van der Waals surface area contributed by atoms with Crippen molar-refractivity contribution >= 4 is 23.4 Å². The van der Waals surface area contributed by atoms with Gasteiger partial charge in [0.2, 0.25) is 0 Å². The van der Waals surface area contributed by atoms with Gasteiger partial charge in [-0.2, -0.15) is 9.98 Å². The average Bonchev–Trinajstić information content (AvgIpc) is 2.83. The summed E-state index contributed by atoms with van der Waals surface area (Å²) in [4.78, 5) is 17.4. The van der Waals surface area contributed by atoms with Gasteiger partial charge in [-0.25, -0.2) is 9.98 Å². The molecular weight excluding hydrogens is 392 g/mol. The molecule has 4 rings (SSSR count). The molecule has 0 radical (unpaired) electrons. The molecule has 2 aromatic rings. The maximum atomic E-state index is 4.46. The lowest BCUT2D eigenvalue weighted by Crippen LogP contribution is -2.10. The van der Waals surface area contributed by atoms with Crippen molar-refractivity contribution in [2.45, 2.75) is 90.1 Å². The quantitative estimate of drug-likeness (QED) is 0.440. The summed E-state index contributed by atoms with van der Waals surface area (Å²) >= 11 is 0. The molecule has 0 unspecified atom stereocenters. The highest BCUT2D eigenvalue weighted by Crippen LogP contribution is 2.21. The van der Waals surface area contributed by atoms with Crippen molar-refractivity contribution in [3.63, 3.8) is 0 Å². The molecule has 0 bridgehead atoms. The smallest absolute Gasteiger partial charge is 0.100 e. The molecule has 0 N–H and O–H groups in total. The lowest BCUT2D eigenvalue weighted by atomic mass is 9.96. The Morgan fingerprint density at radius 3 is 1.38 bits per heavy atom. The Kier molecular flexibility index (Phi) is 10.1. The fourth-order valence-electron chi connectivity index (χ4n) is 4.13. The average molecular weight is 429 g/mol. The van der Waals surface area contributed by atoms with Gasteiger partial charge in [-0.05, 0) is 62.8 Å². The first-order chi connectivity index (χ1) is 15.7. The molecule has 168 valence electrons. The molecule has 2 aromatic carbocycles. The van der Waals surface area contributed by atoms with Crippen LogP contribution in [0.25, 0.3) is 0 Å². The first-order valence-electron chi connectivity index (χ1n) is 12.1. The Morgan fingerprint density at radius 2 is 0.969 bits per heavy atom. The molecule has 0 atom stereocenters. The van der Waals surface area contributed by atoms with Crippen LogP contribution in [-0.4, -0.2) is 24.1 Å². The van der Waals surface area contributed by atoms with Gasteiger partial charge in [-0.15, -0.1) is 0 Å². The van der Waals surface area contributed by atoms with Crippen molar-refractivity contribution in [2.75, 3.05) is 0 Å². The zero-order valence-corrected chi connectivity index (χ0v) is 19.6. The normalized spacial score (nSPS) is 16.6. The van der Waals surface area contributed by atoms with E-state index in [1.54, 1.807) is 0 Å². The third kappa shape index (κ3) is 8.38. The molecule has 0 heterocycles. The van der Waals surface area contributed by atoms with Crippen LogP contribution < -0.4 is 0 Å². The van der Waals surface area contributed by atoms with Crippen LogP contribution in [0, 0.1) is 13.8 Å². The van der Waals surface area contributed by atoms with Crippen LogP contribution in [0.15, 0.2) is 68.5 Å². The minimum atomic E-state index is 0.533. The van der Waals surface area contributed by atoms with Crippen molar-refractivity contribution in [1.29, 1.82) is 0 Å². The molecule has 4 nitrogen and oxygen atoms in total. The van der Waals surface area contributed by atoms with Crippen LogP contribution in [0.3, 0.4) is 0 Å². The molecule has 4 heteroatoms. The van der Waals surface area contributed by atoms with Crippen molar-refractivity contribution in [3.05, 3.63) is 59.7 Å². The van der Waals surface area contributed by atoms with Gasteiger partial charge in [0.25, 0.3) is 0 Å². The maximum absolute atomic E-state index is 4.46. The highest BCUT2D eigenvalue weighted by molar-refractivity contribution is 5.60. The molecular formula is C28H36N4. The van der Waals surface area contributed by atoms with Gasteiger partial charge in [0.15, 0.2) is 0 Å². The van der Waals surface area contributed by atoms with E-state index >= 15 is 0 Å². The summed E-state index contributed by atoms with van der Waals surface area (Å²) < 4.78 is 0. The van der Waals surface area contributed by atoms with Gasteiger partial charge in [0.1, 0.15) is 6.01 Å². The van der Waals surface area contributed by atoms with E-state index in [1.807, 2.05) is 62.4 Å². The second-order valence-corrected chi connectivity index (χ2v) is 8.84. The van der Waals surface area contributed by atoms with Crippen LogP contribution in [0.5, 0.6) is 0 Å². The van der Waals surface area contributed by atoms with E-state index in [1.165, 1.54) is 64.2 Å². The molecule has 0 amide bonds. The summed E-state index contributed by atoms with van der Waals surface area (Å²) in [6.45, 7) is 4.04. The first kappa shape index (κ1) is 23.9. The van der Waals surface area contributed by atoms with E-state index in [0.717, 1.165) is 22.5 Å². The van der Waals surface area contributed by atoms with Gasteiger partial charge in [0.05, 0.1) is 29.5 Å². The van der Waals surface area contributed by atoms with Gasteiger partial charge in [-0.1, -0.05) is 74.9 Å². The van der Waals surface area contributed by atoms with E-state index in [2.05, 4.69) is 32.0 Å². The Hall–Kier alpha value is -2.80. The number of aliphatic imine (C=N–C) groups is 4. The van der Waals surface area contributed by atoms with E-state index in [-0.39, 0.29) is 0 Å². The molecule has 2 aliphatic rings. The Balaban J connectivity index is 0.000000182. The van der Waals surface area contributed by atoms with Crippen LogP contribution in [0.4, 0.5) is 11.4 Å². The Bertz CT molecular complexity index is 881. The lowest BCUT2D eigenvalue weighted by molar-refractivity contribution is 0.438. The zero-order chi connectivity index (χ0) is 22.4. The number of nitrogens with zero attached hydrogens (tertiary/aromatic N) is 4. The fourth-order valence-corrected chi connectivity index (χ4v) is 4.13. The third-order valence-corrected chi connectivity index (χ3v) is 6.20. The van der Waals surface area contributed by atoms with Crippen LogP contribution in [0.1, 0.15) is 75.3 Å². The van der Waals surface area contributed by atoms with E-state index in [9.17, 15) is 0 Å². The topological polar surface area (TPSA) is 49.4 Å². The number of rotatable bonds is 4. The van der Waals surface area contributed by atoms with Gasteiger partial charge in [0, 0.05) is 0 Å². The largest absolute Gasteiger partial charge is 0.222 e. The van der Waals surface area contributed by atoms with E-state index in [0.29, 0.717) is 12.1 Å². The second-order valence-electron chi connectivity index (χ2n) is 8.84. The first-order valence-corrected chi connectivity index (χ1v) is 12.1. The number of benzene rings is 2. The standard InChI is InChI=1S/C15H14N2.C13H22N2/c1-12-7-3-5-9-14(12)16-11-17-15-10-6-4-8-13(15)2;1-3-7-12(8-4-1)14-11-15-13-9-5-2-6-10-13/h3-10H,1-2H3;12-13H,1-10H2. The van der Waals surface area contributed by atoms with E-state index in [4.69, 9.17) is 0 Å². The number of hydrogen-bond acceptors (Lipinski definition) is 4. The van der Waals surface area contributed by atoms with Crippen molar-refractivity contribution in [3.8, 4) is 0 Å². The van der Waals surface area contributed by atoms with Gasteiger partial charge < -0.3 is 0 Å². The van der Waals surface area contributed by atoms with Gasteiger partial charge in [-0.3, -0.25) is 0 Å². The monoisotopic (exact) mass is 428 g/mol. The number of hydrogen-bond donors (Lipinski definition) is 0. The maximum Gasteiger partial charge on any atom is 0.100 e. The number of aryl methyl sites for hydroxylation is 2. The third-order valence-electron chi connectivity index (χ3n) is 6.20. The molecule has 2 fully saturated rings. The summed E-state index contributed by atoms with van der Waals surface area (Å²) in [5, 5.41) is 0. The SMILES string of the molecule is C(=NC1CCCCC1)=NC1CCCCC1.Cc1ccccc1N=C=Nc1ccccc1C. The zero-order valence-electron chi connectivity index (χ0n) is 19.6. The summed E-state index contributed by atoms with van der Waals surface area (Å²) in [5.41, 5.74) is 4.06. The summed E-state index contributed by atoms with van der Waals surface area (Å²) in [6, 6.07) is 22.6. The highest BCUT2D eigenvalue weighted by Gasteiger charge is 2.12. The second kappa shape index (κ2) is 13.6. The minimum absolute atomic E-state index is 0.533. The van der Waals surface area contributed by atoms with Gasteiger partial charge >= 0.3 is 0 Å². The van der Waals surface area contributed by atoms with Crippen molar-refractivity contribution in [2.24, 2.45) is 20.0 Å². The molecule has 2 saturated carbocycles. The van der Waals surface area contributed by atoms with Crippen LogP contribution in [0.2, 0.25) is 0 Å². The lowest BCUT2D eigenvalue weighted by Gasteiger charge is -2.17. The van der Waals surface area contributed by atoms with Crippen LogP contribution in [-0.2, 0) is 0 Å². The molecule has 2 aliphatic carbocycles. The molecule has 0 spiro atoms. The molecule has 32 heavy (non-hydrogen) atoms. The predicted molar refractivity (Wildman–Crippen MR) is 135 cm³/mol. The molecule has 0 saturated heterocycles. The Morgan fingerprint density at radius 1 is 0.562 bits per heavy atom. The fraction of sp³-hybridized carbons (Fsp3) is 0.500.